The van der Waals surface area contributed by atoms with Crippen molar-refractivity contribution in [1.29, 1.82) is 0 Å². The summed E-state index contributed by atoms with van der Waals surface area (Å²) in [5.74, 6) is 0.481. The van der Waals surface area contributed by atoms with Gasteiger partial charge in [0.15, 0.2) is 6.29 Å². The molecule has 2 fully saturated rings. The van der Waals surface area contributed by atoms with Gasteiger partial charge < -0.3 is 24.2 Å². The van der Waals surface area contributed by atoms with Crippen molar-refractivity contribution in [3.8, 4) is 5.88 Å². The molecule has 2 aliphatic heterocycles. The topological polar surface area (TPSA) is 64.1 Å². The molecule has 0 aliphatic carbocycles. The van der Waals surface area contributed by atoms with Crippen LogP contribution >= 0.6 is 11.6 Å². The number of nitrogens with zero attached hydrogens (tertiary/aromatic N) is 2. The average Bonchev–Trinajstić information content (AvgIpc) is 3.22. The fraction of sp³-hybridized carbons (Fsp3) is 0.500. The molecule has 4 rings (SSSR count). The van der Waals surface area contributed by atoms with Gasteiger partial charge in [-0.2, -0.15) is 0 Å². The molecule has 1 aromatic heterocycles. The zero-order valence-corrected chi connectivity index (χ0v) is 17.2. The number of anilines is 1. The number of rotatable bonds is 7. The molecule has 0 spiro atoms. The van der Waals surface area contributed by atoms with E-state index in [1.807, 2.05) is 12.1 Å². The van der Waals surface area contributed by atoms with Crippen LogP contribution < -0.4 is 9.64 Å². The Balaban J connectivity index is 1.43. The van der Waals surface area contributed by atoms with E-state index in [0.717, 1.165) is 62.2 Å². The lowest BCUT2D eigenvalue weighted by Gasteiger charge is -2.26. The standard InChI is InChI=1S/C22H27ClN2O4/c23-19-4-3-9-24-22(19)29-18-8-10-25(13-18)20-7-6-16(14-26)12-17(20)15-28-21-5-1-2-11-27-21/h3-4,6-7,9,12,18,21,26H,1-2,5,8,10-11,13-15H2/t18-,21?/m0/s1. The molecule has 0 amide bonds. The molecule has 0 saturated carbocycles. The highest BCUT2D eigenvalue weighted by Crippen LogP contribution is 2.30. The van der Waals surface area contributed by atoms with Crippen molar-refractivity contribution in [2.24, 2.45) is 0 Å². The van der Waals surface area contributed by atoms with Gasteiger partial charge in [0.2, 0.25) is 5.88 Å². The third-order valence-electron chi connectivity index (χ3n) is 5.38. The van der Waals surface area contributed by atoms with Crippen LogP contribution in [0.3, 0.4) is 0 Å². The highest BCUT2D eigenvalue weighted by atomic mass is 35.5. The lowest BCUT2D eigenvalue weighted by atomic mass is 10.1. The summed E-state index contributed by atoms with van der Waals surface area (Å²) in [5.41, 5.74) is 3.04. The molecule has 0 radical (unpaired) electrons. The Bertz CT molecular complexity index is 813. The van der Waals surface area contributed by atoms with E-state index in [-0.39, 0.29) is 19.0 Å². The number of benzene rings is 1. The van der Waals surface area contributed by atoms with Crippen LogP contribution in [0.1, 0.15) is 36.8 Å². The van der Waals surface area contributed by atoms with Crippen LogP contribution in [-0.2, 0) is 22.7 Å². The molecular formula is C22H27ClN2O4. The van der Waals surface area contributed by atoms with Crippen molar-refractivity contribution in [3.63, 3.8) is 0 Å². The molecule has 1 unspecified atom stereocenters. The molecule has 2 saturated heterocycles. The van der Waals surface area contributed by atoms with Crippen LogP contribution in [0.25, 0.3) is 0 Å². The average molecular weight is 419 g/mol. The molecule has 6 nitrogen and oxygen atoms in total. The SMILES string of the molecule is OCc1ccc(N2CC[C@H](Oc3ncccc3Cl)C2)c(COC2CCCCO2)c1. The van der Waals surface area contributed by atoms with Gasteiger partial charge in [0.25, 0.3) is 0 Å². The zero-order chi connectivity index (χ0) is 20.1. The molecule has 2 aromatic rings. The number of ether oxygens (including phenoxy) is 3. The quantitative estimate of drug-likeness (QED) is 0.735. The van der Waals surface area contributed by atoms with E-state index in [9.17, 15) is 5.11 Å². The Hall–Kier alpha value is -1.86. The van der Waals surface area contributed by atoms with Gasteiger partial charge in [-0.15, -0.1) is 0 Å². The first kappa shape index (κ1) is 20.4. The second-order valence-corrected chi connectivity index (χ2v) is 7.90. The Kier molecular flexibility index (Phi) is 6.87. The molecule has 1 N–H and O–H groups in total. The van der Waals surface area contributed by atoms with Crippen LogP contribution in [0.5, 0.6) is 5.88 Å². The zero-order valence-electron chi connectivity index (χ0n) is 16.4. The number of aliphatic hydroxyl groups is 1. The first-order valence-electron chi connectivity index (χ1n) is 10.2. The largest absolute Gasteiger partial charge is 0.471 e. The predicted octanol–water partition coefficient (Wildman–Crippen LogP) is 3.93. The highest BCUT2D eigenvalue weighted by Gasteiger charge is 2.27. The van der Waals surface area contributed by atoms with E-state index in [2.05, 4.69) is 16.0 Å². The Morgan fingerprint density at radius 2 is 2.17 bits per heavy atom. The fourth-order valence-electron chi connectivity index (χ4n) is 3.85. The summed E-state index contributed by atoms with van der Waals surface area (Å²) in [6.07, 6.45) is 5.62. The normalized spacial score (nSPS) is 22.1. The van der Waals surface area contributed by atoms with E-state index in [0.29, 0.717) is 17.5 Å². The Morgan fingerprint density at radius 1 is 1.24 bits per heavy atom. The van der Waals surface area contributed by atoms with Gasteiger partial charge in [-0.1, -0.05) is 17.7 Å². The number of aliphatic hydroxyl groups excluding tert-OH is 1. The summed E-state index contributed by atoms with van der Waals surface area (Å²) in [5, 5.41) is 10.1. The lowest BCUT2D eigenvalue weighted by Crippen LogP contribution is -2.26. The van der Waals surface area contributed by atoms with Gasteiger partial charge in [0.05, 0.1) is 19.8 Å². The van der Waals surface area contributed by atoms with Gasteiger partial charge in [-0.3, -0.25) is 0 Å². The van der Waals surface area contributed by atoms with Gasteiger partial charge in [0.1, 0.15) is 11.1 Å². The van der Waals surface area contributed by atoms with Crippen LogP contribution in [0.4, 0.5) is 5.69 Å². The van der Waals surface area contributed by atoms with E-state index < -0.39 is 0 Å². The number of pyridine rings is 1. The Labute approximate surface area is 176 Å². The van der Waals surface area contributed by atoms with Crippen molar-refractivity contribution in [2.45, 2.75) is 51.3 Å². The van der Waals surface area contributed by atoms with Crippen molar-refractivity contribution in [2.75, 3.05) is 24.6 Å². The number of hydrogen-bond acceptors (Lipinski definition) is 6. The molecule has 29 heavy (non-hydrogen) atoms. The second-order valence-electron chi connectivity index (χ2n) is 7.49. The van der Waals surface area contributed by atoms with Crippen molar-refractivity contribution in [3.05, 3.63) is 52.7 Å². The van der Waals surface area contributed by atoms with Gasteiger partial charge in [-0.25, -0.2) is 4.98 Å². The maximum Gasteiger partial charge on any atom is 0.232 e. The monoisotopic (exact) mass is 418 g/mol. The second kappa shape index (κ2) is 9.76. The van der Waals surface area contributed by atoms with E-state index in [1.54, 1.807) is 18.3 Å². The molecular weight excluding hydrogens is 392 g/mol. The molecule has 1 aromatic carbocycles. The van der Waals surface area contributed by atoms with Crippen molar-refractivity contribution in [1.82, 2.24) is 4.98 Å². The summed E-state index contributed by atoms with van der Waals surface area (Å²) >= 11 is 6.18. The van der Waals surface area contributed by atoms with Crippen molar-refractivity contribution >= 4 is 17.3 Å². The van der Waals surface area contributed by atoms with E-state index in [4.69, 9.17) is 25.8 Å². The third kappa shape index (κ3) is 5.20. The molecule has 7 heteroatoms. The molecule has 3 heterocycles. The molecule has 0 bridgehead atoms. The predicted molar refractivity (Wildman–Crippen MR) is 111 cm³/mol. The van der Waals surface area contributed by atoms with Crippen LogP contribution in [0, 0.1) is 0 Å². The van der Waals surface area contributed by atoms with Gasteiger partial charge in [-0.05, 0) is 49.1 Å². The summed E-state index contributed by atoms with van der Waals surface area (Å²) in [6.45, 7) is 2.85. The van der Waals surface area contributed by atoms with Crippen LogP contribution in [-0.4, -0.2) is 42.2 Å². The highest BCUT2D eigenvalue weighted by molar-refractivity contribution is 6.31. The molecule has 2 aliphatic rings. The Morgan fingerprint density at radius 3 is 2.97 bits per heavy atom. The lowest BCUT2D eigenvalue weighted by molar-refractivity contribution is -0.168. The maximum absolute atomic E-state index is 9.55. The smallest absolute Gasteiger partial charge is 0.232 e. The first-order valence-corrected chi connectivity index (χ1v) is 10.6. The maximum atomic E-state index is 9.55. The number of halogens is 1. The summed E-state index contributed by atoms with van der Waals surface area (Å²) in [7, 11) is 0. The molecule has 2 atom stereocenters. The van der Waals surface area contributed by atoms with Crippen LogP contribution in [0.2, 0.25) is 5.02 Å². The minimum atomic E-state index is -0.143. The number of hydrogen-bond donors (Lipinski definition) is 1. The summed E-state index contributed by atoms with van der Waals surface area (Å²) < 4.78 is 17.7. The van der Waals surface area contributed by atoms with E-state index in [1.165, 1.54) is 0 Å². The summed E-state index contributed by atoms with van der Waals surface area (Å²) in [4.78, 5) is 6.52. The first-order chi connectivity index (χ1) is 14.2. The molecule has 156 valence electrons. The summed E-state index contributed by atoms with van der Waals surface area (Å²) in [6, 6.07) is 9.61. The fourth-order valence-corrected chi connectivity index (χ4v) is 4.01. The minimum Gasteiger partial charge on any atom is -0.471 e. The van der Waals surface area contributed by atoms with Crippen LogP contribution in [0.15, 0.2) is 36.5 Å². The van der Waals surface area contributed by atoms with Gasteiger partial charge >= 0.3 is 0 Å². The van der Waals surface area contributed by atoms with Gasteiger partial charge in [0, 0.05) is 37.0 Å². The van der Waals surface area contributed by atoms with E-state index >= 15 is 0 Å². The minimum absolute atomic E-state index is 0.0110. The third-order valence-corrected chi connectivity index (χ3v) is 5.67. The number of aromatic nitrogens is 1. The van der Waals surface area contributed by atoms with Crippen molar-refractivity contribution < 1.29 is 19.3 Å².